The molecule has 21 heavy (non-hydrogen) atoms. The molecule has 4 nitrogen and oxygen atoms in total. The maximum Gasteiger partial charge on any atom is 0.326 e. The summed E-state index contributed by atoms with van der Waals surface area (Å²) in [7, 11) is 0. The first-order chi connectivity index (χ1) is 10.1. The zero-order valence-electron chi connectivity index (χ0n) is 11.5. The van der Waals surface area contributed by atoms with Gasteiger partial charge in [0.05, 0.1) is 3.79 Å². The molecular weight excluding hydrogens is 354 g/mol. The molecule has 1 atom stereocenters. The van der Waals surface area contributed by atoms with Crippen molar-refractivity contribution in [3.63, 3.8) is 0 Å². The Hall–Kier alpha value is -1.14. The van der Waals surface area contributed by atoms with Crippen LogP contribution >= 0.6 is 27.3 Å². The highest BCUT2D eigenvalue weighted by molar-refractivity contribution is 9.11. The molecule has 1 unspecified atom stereocenters. The third kappa shape index (κ3) is 4.97. The van der Waals surface area contributed by atoms with E-state index in [1.807, 2.05) is 12.1 Å². The van der Waals surface area contributed by atoms with E-state index in [2.05, 4.69) is 21.2 Å². The second-order valence-corrected chi connectivity index (χ2v) is 7.69. The van der Waals surface area contributed by atoms with Gasteiger partial charge in [-0.2, -0.15) is 0 Å². The fourth-order valence-corrected chi connectivity index (χ4v) is 3.95. The summed E-state index contributed by atoms with van der Waals surface area (Å²) in [6.07, 6.45) is 8.09. The zero-order chi connectivity index (χ0) is 15.2. The molecule has 0 radical (unpaired) electrons. The Balaban J connectivity index is 1.94. The van der Waals surface area contributed by atoms with Crippen LogP contribution in [0.5, 0.6) is 0 Å². The second kappa shape index (κ2) is 7.75. The van der Waals surface area contributed by atoms with Crippen LogP contribution in [0.15, 0.2) is 22.0 Å². The van der Waals surface area contributed by atoms with Crippen molar-refractivity contribution in [1.29, 1.82) is 0 Å². The minimum absolute atomic E-state index is 0.0458. The first-order valence-electron chi connectivity index (χ1n) is 7.03. The fraction of sp³-hybridized carbons (Fsp3) is 0.467. The van der Waals surface area contributed by atoms with Crippen LogP contribution in [-0.4, -0.2) is 23.0 Å². The van der Waals surface area contributed by atoms with Crippen molar-refractivity contribution in [1.82, 2.24) is 5.32 Å². The molecule has 1 aromatic heterocycles. The van der Waals surface area contributed by atoms with Gasteiger partial charge < -0.3 is 10.4 Å². The highest BCUT2D eigenvalue weighted by Crippen LogP contribution is 2.27. The Morgan fingerprint density at radius 1 is 1.33 bits per heavy atom. The topological polar surface area (TPSA) is 66.4 Å². The molecule has 0 aromatic carbocycles. The predicted molar refractivity (Wildman–Crippen MR) is 87.2 cm³/mol. The van der Waals surface area contributed by atoms with Crippen molar-refractivity contribution >= 4 is 45.2 Å². The van der Waals surface area contributed by atoms with E-state index in [4.69, 9.17) is 0 Å². The maximum absolute atomic E-state index is 11.9. The van der Waals surface area contributed by atoms with Gasteiger partial charge in [-0.3, -0.25) is 4.79 Å². The first kappa shape index (κ1) is 16.2. The maximum atomic E-state index is 11.9. The molecule has 114 valence electrons. The Labute approximate surface area is 136 Å². The molecule has 1 fully saturated rings. The molecule has 1 amide bonds. The number of carbonyl (C=O) groups excluding carboxylic acids is 1. The monoisotopic (exact) mass is 371 g/mol. The van der Waals surface area contributed by atoms with Crippen molar-refractivity contribution in [3.05, 3.63) is 26.9 Å². The number of nitrogens with one attached hydrogen (secondary N) is 1. The smallest absolute Gasteiger partial charge is 0.326 e. The lowest BCUT2D eigenvalue weighted by Crippen LogP contribution is -2.46. The van der Waals surface area contributed by atoms with E-state index in [1.165, 1.54) is 17.4 Å². The largest absolute Gasteiger partial charge is 0.480 e. The minimum atomic E-state index is -0.942. The van der Waals surface area contributed by atoms with Crippen LogP contribution in [0.3, 0.4) is 0 Å². The fourth-order valence-electron chi connectivity index (χ4n) is 2.63. The van der Waals surface area contributed by atoms with Gasteiger partial charge in [-0.05, 0) is 52.9 Å². The van der Waals surface area contributed by atoms with Crippen molar-refractivity contribution in [3.8, 4) is 0 Å². The summed E-state index contributed by atoms with van der Waals surface area (Å²) in [5.41, 5.74) is 0. The Morgan fingerprint density at radius 2 is 2.05 bits per heavy atom. The first-order valence-corrected chi connectivity index (χ1v) is 8.64. The van der Waals surface area contributed by atoms with Gasteiger partial charge in [0, 0.05) is 11.0 Å². The van der Waals surface area contributed by atoms with Crippen LogP contribution in [0.25, 0.3) is 6.08 Å². The van der Waals surface area contributed by atoms with Crippen molar-refractivity contribution in [2.75, 3.05) is 0 Å². The van der Waals surface area contributed by atoms with Gasteiger partial charge in [0.2, 0.25) is 5.91 Å². The van der Waals surface area contributed by atoms with Crippen LogP contribution in [0.1, 0.15) is 37.0 Å². The Bertz CT molecular complexity index is 535. The minimum Gasteiger partial charge on any atom is -0.480 e. The van der Waals surface area contributed by atoms with Crippen LogP contribution < -0.4 is 5.32 Å². The molecule has 1 aromatic rings. The Morgan fingerprint density at radius 3 is 2.62 bits per heavy atom. The van der Waals surface area contributed by atoms with Crippen LogP contribution in [0.4, 0.5) is 0 Å². The number of carbonyl (C=O) groups is 2. The van der Waals surface area contributed by atoms with Crippen LogP contribution in [0.2, 0.25) is 0 Å². The molecular formula is C15H18BrNO3S. The van der Waals surface area contributed by atoms with E-state index < -0.39 is 12.0 Å². The SMILES string of the molecule is O=C(/C=C/c1ccc(Br)s1)NC(C(=O)O)C1CCCCC1. The lowest BCUT2D eigenvalue weighted by Gasteiger charge is -2.27. The number of carboxylic acids is 1. The molecule has 1 heterocycles. The molecule has 2 rings (SSSR count). The molecule has 1 saturated carbocycles. The number of amides is 1. The standard InChI is InChI=1S/C15H18BrNO3S/c16-12-8-6-11(21-12)7-9-13(18)17-14(15(19)20)10-4-2-1-3-5-10/h6-10,14H,1-5H2,(H,17,18)(H,19,20)/b9-7+. The van der Waals surface area contributed by atoms with Crippen molar-refractivity contribution in [2.45, 2.75) is 38.1 Å². The average molecular weight is 372 g/mol. The van der Waals surface area contributed by atoms with Gasteiger partial charge in [-0.25, -0.2) is 4.79 Å². The number of hydrogen-bond donors (Lipinski definition) is 2. The molecule has 6 heteroatoms. The van der Waals surface area contributed by atoms with Crippen LogP contribution in [-0.2, 0) is 9.59 Å². The molecule has 2 N–H and O–H groups in total. The van der Waals surface area contributed by atoms with E-state index in [0.717, 1.165) is 40.8 Å². The highest BCUT2D eigenvalue weighted by atomic mass is 79.9. The van der Waals surface area contributed by atoms with Gasteiger partial charge in [-0.1, -0.05) is 19.3 Å². The summed E-state index contributed by atoms with van der Waals surface area (Å²) in [6.45, 7) is 0. The molecule has 0 spiro atoms. The molecule has 0 saturated heterocycles. The van der Waals surface area contributed by atoms with Crippen LogP contribution in [0, 0.1) is 5.92 Å². The van der Waals surface area contributed by atoms with Gasteiger partial charge >= 0.3 is 5.97 Å². The molecule has 0 bridgehead atoms. The summed E-state index contributed by atoms with van der Waals surface area (Å²) in [5, 5.41) is 12.0. The summed E-state index contributed by atoms with van der Waals surface area (Å²) >= 11 is 4.87. The molecule has 1 aliphatic rings. The third-order valence-corrected chi connectivity index (χ3v) is 5.27. The van der Waals surface area contributed by atoms with Crippen molar-refractivity contribution in [2.24, 2.45) is 5.92 Å². The molecule has 1 aliphatic carbocycles. The summed E-state index contributed by atoms with van der Waals surface area (Å²) in [4.78, 5) is 24.2. The lowest BCUT2D eigenvalue weighted by atomic mass is 9.84. The van der Waals surface area contributed by atoms with Gasteiger partial charge in [0.15, 0.2) is 0 Å². The summed E-state index contributed by atoms with van der Waals surface area (Å²) < 4.78 is 0.994. The predicted octanol–water partition coefficient (Wildman–Crippen LogP) is 3.67. The van der Waals surface area contributed by atoms with Gasteiger partial charge in [0.25, 0.3) is 0 Å². The van der Waals surface area contributed by atoms with Gasteiger partial charge in [0.1, 0.15) is 6.04 Å². The quantitative estimate of drug-likeness (QED) is 0.775. The summed E-state index contributed by atoms with van der Waals surface area (Å²) in [6, 6.07) is 3.02. The number of hydrogen-bond acceptors (Lipinski definition) is 3. The zero-order valence-corrected chi connectivity index (χ0v) is 14.0. The lowest BCUT2D eigenvalue weighted by molar-refractivity contribution is -0.143. The third-order valence-electron chi connectivity index (χ3n) is 3.68. The Kier molecular flexibility index (Phi) is 5.99. The number of rotatable bonds is 5. The van der Waals surface area contributed by atoms with E-state index >= 15 is 0 Å². The second-order valence-electron chi connectivity index (χ2n) is 5.20. The van der Waals surface area contributed by atoms with E-state index in [9.17, 15) is 14.7 Å². The molecule has 0 aliphatic heterocycles. The van der Waals surface area contributed by atoms with E-state index in [1.54, 1.807) is 6.08 Å². The normalized spacial score (nSPS) is 17.8. The number of aliphatic carboxylic acids is 1. The number of thiophene rings is 1. The summed E-state index contributed by atoms with van der Waals surface area (Å²) in [5.74, 6) is -1.25. The highest BCUT2D eigenvalue weighted by Gasteiger charge is 2.30. The van der Waals surface area contributed by atoms with Crippen molar-refractivity contribution < 1.29 is 14.7 Å². The van der Waals surface area contributed by atoms with E-state index in [0.29, 0.717) is 0 Å². The number of carboxylic acid groups (broad SMARTS) is 1. The van der Waals surface area contributed by atoms with E-state index in [-0.39, 0.29) is 11.8 Å². The average Bonchev–Trinajstić information content (AvgIpc) is 2.89. The number of halogens is 1. The van der Waals surface area contributed by atoms with Gasteiger partial charge in [-0.15, -0.1) is 11.3 Å².